The smallest absolute Gasteiger partial charge is 0.297 e. The number of hydrogen-bond acceptors (Lipinski definition) is 7. The van der Waals surface area contributed by atoms with Gasteiger partial charge in [0.1, 0.15) is 5.75 Å². The van der Waals surface area contributed by atoms with Crippen LogP contribution < -0.4 is 10.2 Å². The normalized spacial score (nSPS) is 15.9. The summed E-state index contributed by atoms with van der Waals surface area (Å²) in [5, 5.41) is 9.25. The number of likely N-dealkylation sites (tertiary alicyclic amines) is 1. The van der Waals surface area contributed by atoms with Crippen LogP contribution in [-0.4, -0.2) is 44.2 Å². The van der Waals surface area contributed by atoms with Gasteiger partial charge < -0.3 is 9.64 Å². The number of benzene rings is 3. The lowest BCUT2D eigenvalue weighted by molar-refractivity contribution is -0.129. The third kappa shape index (κ3) is 5.64. The fraction of sp³-hybridized carbons (Fsp3) is 0.269. The van der Waals surface area contributed by atoms with E-state index >= 15 is 0 Å². The summed E-state index contributed by atoms with van der Waals surface area (Å²) in [5.74, 6) is 0.607. The van der Waals surface area contributed by atoms with Crippen LogP contribution in [0.5, 0.6) is 5.75 Å². The Labute approximate surface area is 205 Å². The largest absolute Gasteiger partial charge is 0.496 e. The second-order valence-electron chi connectivity index (χ2n) is 8.49. The van der Waals surface area contributed by atoms with E-state index in [0.29, 0.717) is 30.8 Å². The zero-order valence-electron chi connectivity index (χ0n) is 19.6. The predicted molar refractivity (Wildman–Crippen MR) is 132 cm³/mol. The van der Waals surface area contributed by atoms with Crippen LogP contribution >= 0.6 is 0 Å². The van der Waals surface area contributed by atoms with Gasteiger partial charge in [-0.1, -0.05) is 35.9 Å². The van der Waals surface area contributed by atoms with E-state index in [1.54, 1.807) is 36.3 Å². The molecule has 0 radical (unpaired) electrons. The molecule has 184 valence electrons. The minimum atomic E-state index is -3.92. The van der Waals surface area contributed by atoms with Gasteiger partial charge in [-0.05, 0) is 60.9 Å². The molecule has 1 unspecified atom stereocenters. The van der Waals surface area contributed by atoms with Gasteiger partial charge in [-0.2, -0.15) is 8.42 Å². The number of aryl methyl sites for hydroxylation is 1. The molecule has 1 aliphatic heterocycles. The number of nitrogens with one attached hydrogen (secondary N) is 1. The Kier molecular flexibility index (Phi) is 7.39. The number of ether oxygens (including phenoxy) is 1. The van der Waals surface area contributed by atoms with Gasteiger partial charge in [0, 0.05) is 18.5 Å². The number of amides is 1. The van der Waals surface area contributed by atoms with E-state index in [1.165, 1.54) is 12.1 Å². The molecule has 0 aromatic heterocycles. The fourth-order valence-electron chi connectivity index (χ4n) is 4.16. The Bertz CT molecular complexity index is 1310. The Morgan fingerprint density at radius 3 is 2.57 bits per heavy atom. The van der Waals surface area contributed by atoms with E-state index in [0.717, 1.165) is 22.3 Å². The van der Waals surface area contributed by atoms with Crippen molar-refractivity contribution in [3.63, 3.8) is 0 Å². The summed E-state index contributed by atoms with van der Waals surface area (Å²) >= 11 is 0. The van der Waals surface area contributed by atoms with Crippen LogP contribution in [-0.2, 0) is 25.6 Å². The zero-order chi connectivity index (χ0) is 25.0. The van der Waals surface area contributed by atoms with Crippen molar-refractivity contribution in [2.45, 2.75) is 37.2 Å². The minimum absolute atomic E-state index is 0.0461. The van der Waals surface area contributed by atoms with Gasteiger partial charge in [-0.3, -0.25) is 19.7 Å². The number of carbonyl (C=O) groups excluding carboxylic acids is 1. The Morgan fingerprint density at radius 1 is 1.09 bits per heavy atom. The Hall–Kier alpha value is -3.40. The van der Waals surface area contributed by atoms with E-state index in [-0.39, 0.29) is 23.5 Å². The van der Waals surface area contributed by atoms with Gasteiger partial charge in [0.15, 0.2) is 0 Å². The topological polar surface area (TPSA) is 105 Å². The third-order valence-corrected chi connectivity index (χ3v) is 7.39. The van der Waals surface area contributed by atoms with Crippen LogP contribution in [0.1, 0.15) is 24.0 Å². The minimum Gasteiger partial charge on any atom is -0.496 e. The molecule has 3 aromatic rings. The fourth-order valence-corrected chi connectivity index (χ4v) is 5.10. The molecule has 8 nitrogen and oxygen atoms in total. The lowest BCUT2D eigenvalue weighted by atomic mass is 10.0. The highest BCUT2D eigenvalue weighted by Crippen LogP contribution is 2.33. The first kappa shape index (κ1) is 24.7. The van der Waals surface area contributed by atoms with Gasteiger partial charge in [0.05, 0.1) is 30.3 Å². The number of rotatable bonds is 9. The number of methoxy groups -OCH3 is 1. The standard InChI is InChI=1S/C26H28N2O6S/c1-18-6-10-23(11-7-18)35(31,32)34-17-22-9-13-26(29)28(22)16-19-8-12-25(33-2)24(14-19)20-4-3-5-21(15-20)27-30/h3-8,10-12,14-15,22,27,30H,9,13,16-17H2,1-2H3. The molecule has 1 fully saturated rings. The molecule has 0 spiro atoms. The van der Waals surface area contributed by atoms with Crippen molar-refractivity contribution in [3.05, 3.63) is 77.9 Å². The predicted octanol–water partition coefficient (Wildman–Crippen LogP) is 4.37. The highest BCUT2D eigenvalue weighted by atomic mass is 32.2. The van der Waals surface area contributed by atoms with E-state index in [9.17, 15) is 18.4 Å². The molecule has 9 heteroatoms. The first-order valence-electron chi connectivity index (χ1n) is 11.2. The van der Waals surface area contributed by atoms with Crippen LogP contribution in [0, 0.1) is 6.92 Å². The van der Waals surface area contributed by atoms with Crippen molar-refractivity contribution in [2.75, 3.05) is 19.2 Å². The first-order chi connectivity index (χ1) is 16.8. The van der Waals surface area contributed by atoms with Crippen LogP contribution in [0.4, 0.5) is 5.69 Å². The molecule has 1 aliphatic rings. The molecular formula is C26H28N2O6S. The molecular weight excluding hydrogens is 468 g/mol. The van der Waals surface area contributed by atoms with Crippen LogP contribution in [0.15, 0.2) is 71.6 Å². The van der Waals surface area contributed by atoms with Gasteiger partial charge in [0.2, 0.25) is 5.91 Å². The van der Waals surface area contributed by atoms with Gasteiger partial charge >= 0.3 is 0 Å². The number of nitrogens with zero attached hydrogens (tertiary/aromatic N) is 1. The van der Waals surface area contributed by atoms with Crippen molar-refractivity contribution in [2.24, 2.45) is 0 Å². The molecule has 35 heavy (non-hydrogen) atoms. The van der Waals surface area contributed by atoms with E-state index < -0.39 is 10.1 Å². The number of hydrogen-bond donors (Lipinski definition) is 2. The molecule has 1 atom stereocenters. The van der Waals surface area contributed by atoms with Gasteiger partial charge in [-0.15, -0.1) is 0 Å². The van der Waals surface area contributed by atoms with E-state index in [2.05, 4.69) is 5.48 Å². The molecule has 0 bridgehead atoms. The second-order valence-corrected chi connectivity index (χ2v) is 10.1. The lowest BCUT2D eigenvalue weighted by Crippen LogP contribution is -2.36. The van der Waals surface area contributed by atoms with Crippen molar-refractivity contribution in [1.29, 1.82) is 0 Å². The molecule has 2 N–H and O–H groups in total. The monoisotopic (exact) mass is 496 g/mol. The van der Waals surface area contributed by atoms with Gasteiger partial charge in [-0.25, -0.2) is 0 Å². The van der Waals surface area contributed by atoms with Crippen molar-refractivity contribution in [3.8, 4) is 16.9 Å². The molecule has 1 saturated heterocycles. The van der Waals surface area contributed by atoms with Crippen molar-refractivity contribution in [1.82, 2.24) is 4.90 Å². The zero-order valence-corrected chi connectivity index (χ0v) is 20.4. The maximum atomic E-state index is 12.6. The second kappa shape index (κ2) is 10.5. The quantitative estimate of drug-likeness (QED) is 0.335. The molecule has 3 aromatic carbocycles. The summed E-state index contributed by atoms with van der Waals surface area (Å²) in [6.45, 7) is 2.09. The average Bonchev–Trinajstić information content (AvgIpc) is 3.22. The summed E-state index contributed by atoms with van der Waals surface area (Å²) < 4.78 is 36.1. The summed E-state index contributed by atoms with van der Waals surface area (Å²) in [7, 11) is -2.34. The van der Waals surface area contributed by atoms with E-state index in [4.69, 9.17) is 8.92 Å². The lowest BCUT2D eigenvalue weighted by Gasteiger charge is -2.25. The molecule has 1 heterocycles. The summed E-state index contributed by atoms with van der Waals surface area (Å²) in [5.41, 5.74) is 6.14. The first-order valence-corrected chi connectivity index (χ1v) is 12.6. The maximum Gasteiger partial charge on any atom is 0.297 e. The Morgan fingerprint density at radius 2 is 1.86 bits per heavy atom. The van der Waals surface area contributed by atoms with Crippen molar-refractivity contribution >= 4 is 21.7 Å². The molecule has 4 rings (SSSR count). The van der Waals surface area contributed by atoms with Crippen LogP contribution in [0.3, 0.4) is 0 Å². The van der Waals surface area contributed by atoms with Crippen molar-refractivity contribution < 1.29 is 27.3 Å². The number of anilines is 1. The summed E-state index contributed by atoms with van der Waals surface area (Å²) in [4.78, 5) is 14.4. The van der Waals surface area contributed by atoms with E-state index in [1.807, 2.05) is 37.3 Å². The van der Waals surface area contributed by atoms with Crippen LogP contribution in [0.25, 0.3) is 11.1 Å². The summed E-state index contributed by atoms with van der Waals surface area (Å²) in [6, 6.07) is 19.0. The third-order valence-electron chi connectivity index (χ3n) is 6.10. The maximum absolute atomic E-state index is 12.6. The number of carbonyl (C=O) groups is 1. The Balaban J connectivity index is 1.52. The highest BCUT2D eigenvalue weighted by molar-refractivity contribution is 7.86. The average molecular weight is 497 g/mol. The SMILES string of the molecule is COc1ccc(CN2C(=O)CCC2COS(=O)(=O)c2ccc(C)cc2)cc1-c1cccc(NO)c1. The van der Waals surface area contributed by atoms with Gasteiger partial charge in [0.25, 0.3) is 10.1 Å². The molecule has 0 aliphatic carbocycles. The molecule has 1 amide bonds. The molecule has 0 saturated carbocycles. The highest BCUT2D eigenvalue weighted by Gasteiger charge is 2.32. The summed E-state index contributed by atoms with van der Waals surface area (Å²) in [6.07, 6.45) is 0.862. The van der Waals surface area contributed by atoms with Crippen LogP contribution in [0.2, 0.25) is 0 Å².